The van der Waals surface area contributed by atoms with Crippen molar-refractivity contribution >= 4 is 5.97 Å². The molecule has 2 aliphatic carbocycles. The lowest BCUT2D eigenvalue weighted by Gasteiger charge is -2.31. The molecule has 0 heterocycles. The molecular weight excluding hydrogens is 230 g/mol. The van der Waals surface area contributed by atoms with Crippen LogP contribution in [0.1, 0.15) is 51.9 Å². The summed E-state index contributed by atoms with van der Waals surface area (Å²) in [5, 5.41) is 3.36. The average molecular weight is 255 g/mol. The van der Waals surface area contributed by atoms with Crippen molar-refractivity contribution in [2.45, 2.75) is 69.6 Å². The van der Waals surface area contributed by atoms with E-state index in [4.69, 9.17) is 9.47 Å². The van der Waals surface area contributed by atoms with Crippen LogP contribution in [0.4, 0.5) is 0 Å². The van der Waals surface area contributed by atoms with Gasteiger partial charge in [0.25, 0.3) is 0 Å². The lowest BCUT2D eigenvalue weighted by atomic mass is 9.97. The van der Waals surface area contributed by atoms with Gasteiger partial charge in [0.2, 0.25) is 0 Å². The molecular formula is C14H25NO3. The lowest BCUT2D eigenvalue weighted by molar-refractivity contribution is -0.152. The highest BCUT2D eigenvalue weighted by molar-refractivity contribution is 5.80. The quantitative estimate of drug-likeness (QED) is 0.738. The van der Waals surface area contributed by atoms with Crippen LogP contribution in [-0.4, -0.2) is 37.4 Å². The van der Waals surface area contributed by atoms with Gasteiger partial charge in [-0.25, -0.2) is 4.79 Å². The van der Waals surface area contributed by atoms with Crippen LogP contribution < -0.4 is 5.32 Å². The average Bonchev–Trinajstić information content (AvgIpc) is 3.20. The van der Waals surface area contributed by atoms with Crippen molar-refractivity contribution in [3.63, 3.8) is 0 Å². The maximum Gasteiger partial charge on any atom is 0.328 e. The third kappa shape index (κ3) is 3.69. The molecule has 2 rings (SSSR count). The predicted molar refractivity (Wildman–Crippen MR) is 69.4 cm³/mol. The van der Waals surface area contributed by atoms with E-state index in [-0.39, 0.29) is 5.97 Å². The van der Waals surface area contributed by atoms with Crippen LogP contribution in [0.25, 0.3) is 0 Å². The van der Waals surface area contributed by atoms with Crippen LogP contribution in [0, 0.1) is 0 Å². The summed E-state index contributed by atoms with van der Waals surface area (Å²) in [7, 11) is 1.44. The van der Waals surface area contributed by atoms with E-state index in [1.54, 1.807) is 0 Å². The van der Waals surface area contributed by atoms with Gasteiger partial charge >= 0.3 is 5.97 Å². The third-order valence-electron chi connectivity index (χ3n) is 3.90. The van der Waals surface area contributed by atoms with E-state index in [1.807, 2.05) is 6.92 Å². The highest BCUT2D eigenvalue weighted by atomic mass is 16.5. The summed E-state index contributed by atoms with van der Waals surface area (Å²) in [6.07, 6.45) is 8.68. The van der Waals surface area contributed by atoms with Crippen molar-refractivity contribution < 1.29 is 14.3 Å². The number of hydrogen-bond acceptors (Lipinski definition) is 4. The van der Waals surface area contributed by atoms with Crippen molar-refractivity contribution in [3.8, 4) is 0 Å². The van der Waals surface area contributed by atoms with E-state index in [9.17, 15) is 4.79 Å². The summed E-state index contributed by atoms with van der Waals surface area (Å²) < 4.78 is 10.8. The molecule has 0 aromatic rings. The van der Waals surface area contributed by atoms with E-state index >= 15 is 0 Å². The Hall–Kier alpha value is -0.610. The summed E-state index contributed by atoms with van der Waals surface area (Å²) in [6, 6.07) is 0.462. The molecule has 0 aromatic heterocycles. The van der Waals surface area contributed by atoms with Gasteiger partial charge in [0, 0.05) is 6.04 Å². The van der Waals surface area contributed by atoms with Gasteiger partial charge in [0.15, 0.2) is 0 Å². The number of esters is 1. The second kappa shape index (κ2) is 6.02. The van der Waals surface area contributed by atoms with E-state index in [0.29, 0.717) is 18.8 Å². The molecule has 1 unspecified atom stereocenters. The monoisotopic (exact) mass is 255 g/mol. The molecule has 0 spiro atoms. The Bertz CT molecular complexity index is 285. The summed E-state index contributed by atoms with van der Waals surface area (Å²) in [4.78, 5) is 11.9. The lowest BCUT2D eigenvalue weighted by Crippen LogP contribution is -2.55. The van der Waals surface area contributed by atoms with Crippen LogP contribution >= 0.6 is 0 Å². The molecule has 0 amide bonds. The normalized spacial score (nSPS) is 24.6. The second-order valence-electron chi connectivity index (χ2n) is 5.81. The van der Waals surface area contributed by atoms with Crippen LogP contribution in [0.2, 0.25) is 0 Å². The Labute approximate surface area is 109 Å². The molecule has 4 heteroatoms. The molecule has 4 nitrogen and oxygen atoms in total. The van der Waals surface area contributed by atoms with Crippen molar-refractivity contribution in [2.24, 2.45) is 0 Å². The van der Waals surface area contributed by atoms with E-state index < -0.39 is 5.54 Å². The smallest absolute Gasteiger partial charge is 0.328 e. The maximum absolute atomic E-state index is 11.9. The van der Waals surface area contributed by atoms with Gasteiger partial charge in [0.05, 0.1) is 19.8 Å². The number of methoxy groups -OCH3 is 1. The molecule has 18 heavy (non-hydrogen) atoms. The zero-order valence-electron chi connectivity index (χ0n) is 11.5. The topological polar surface area (TPSA) is 47.6 Å². The van der Waals surface area contributed by atoms with Gasteiger partial charge in [-0.15, -0.1) is 0 Å². The first-order valence-corrected chi connectivity index (χ1v) is 7.12. The third-order valence-corrected chi connectivity index (χ3v) is 3.90. The zero-order chi connectivity index (χ0) is 13.0. The molecule has 0 aliphatic heterocycles. The Kier molecular flexibility index (Phi) is 4.62. The summed E-state index contributed by atoms with van der Waals surface area (Å²) in [5.41, 5.74) is -0.687. The van der Waals surface area contributed by atoms with Crippen molar-refractivity contribution in [1.82, 2.24) is 5.32 Å². The fourth-order valence-electron chi connectivity index (χ4n) is 2.58. The second-order valence-corrected chi connectivity index (χ2v) is 5.81. The molecule has 2 saturated carbocycles. The molecule has 0 radical (unpaired) electrons. The van der Waals surface area contributed by atoms with Crippen molar-refractivity contribution in [1.29, 1.82) is 0 Å². The van der Waals surface area contributed by atoms with Crippen LogP contribution in [0.15, 0.2) is 0 Å². The number of ether oxygens (including phenoxy) is 2. The molecule has 0 aromatic carbocycles. The van der Waals surface area contributed by atoms with Gasteiger partial charge in [-0.05, 0) is 32.6 Å². The number of carbonyl (C=O) groups is 1. The summed E-state index contributed by atoms with van der Waals surface area (Å²) in [6.45, 7) is 2.31. The maximum atomic E-state index is 11.9. The first-order valence-electron chi connectivity index (χ1n) is 7.12. The molecule has 0 bridgehead atoms. The SMILES string of the molecule is COC(=O)C(C)(COC1CCCCC1)NC1CC1. The zero-order valence-corrected chi connectivity index (χ0v) is 11.5. The van der Waals surface area contributed by atoms with Crippen molar-refractivity contribution in [3.05, 3.63) is 0 Å². The van der Waals surface area contributed by atoms with Crippen LogP contribution in [-0.2, 0) is 14.3 Å². The Morgan fingerprint density at radius 1 is 1.22 bits per heavy atom. The summed E-state index contributed by atoms with van der Waals surface area (Å²) in [5.74, 6) is -0.217. The largest absolute Gasteiger partial charge is 0.468 e. The minimum atomic E-state index is -0.687. The van der Waals surface area contributed by atoms with Gasteiger partial charge < -0.3 is 9.47 Å². The number of rotatable bonds is 6. The highest BCUT2D eigenvalue weighted by Crippen LogP contribution is 2.25. The Morgan fingerprint density at radius 3 is 2.44 bits per heavy atom. The molecule has 0 saturated heterocycles. The van der Waals surface area contributed by atoms with Gasteiger partial charge in [-0.1, -0.05) is 19.3 Å². The first kappa shape index (κ1) is 13.8. The fourth-order valence-corrected chi connectivity index (χ4v) is 2.58. The van der Waals surface area contributed by atoms with Crippen LogP contribution in [0.5, 0.6) is 0 Å². The number of carbonyl (C=O) groups excluding carboxylic acids is 1. The molecule has 2 fully saturated rings. The predicted octanol–water partition coefficient (Wildman–Crippen LogP) is 2.02. The van der Waals surface area contributed by atoms with Gasteiger partial charge in [0.1, 0.15) is 5.54 Å². The van der Waals surface area contributed by atoms with Gasteiger partial charge in [-0.3, -0.25) is 5.32 Å². The number of hydrogen-bond donors (Lipinski definition) is 1. The molecule has 1 atom stereocenters. The minimum absolute atomic E-state index is 0.217. The molecule has 104 valence electrons. The van der Waals surface area contributed by atoms with E-state index in [2.05, 4.69) is 5.32 Å². The number of nitrogens with one attached hydrogen (secondary N) is 1. The molecule has 1 N–H and O–H groups in total. The fraction of sp³-hybridized carbons (Fsp3) is 0.929. The minimum Gasteiger partial charge on any atom is -0.468 e. The van der Waals surface area contributed by atoms with E-state index in [0.717, 1.165) is 25.7 Å². The summed E-state index contributed by atoms with van der Waals surface area (Å²) >= 11 is 0. The van der Waals surface area contributed by atoms with Crippen LogP contribution in [0.3, 0.4) is 0 Å². The highest BCUT2D eigenvalue weighted by Gasteiger charge is 2.40. The van der Waals surface area contributed by atoms with Crippen molar-refractivity contribution in [2.75, 3.05) is 13.7 Å². The van der Waals surface area contributed by atoms with E-state index in [1.165, 1.54) is 26.4 Å². The standard InChI is InChI=1S/C14H25NO3/c1-14(13(16)17-2,15-11-8-9-11)10-18-12-6-4-3-5-7-12/h11-12,15H,3-10H2,1-2H3. The van der Waals surface area contributed by atoms with Gasteiger partial charge in [-0.2, -0.15) is 0 Å². The first-order chi connectivity index (χ1) is 8.64. The Morgan fingerprint density at radius 2 is 1.89 bits per heavy atom. The molecule has 2 aliphatic rings. The Balaban J connectivity index is 1.85.